The first kappa shape index (κ1) is 19.0. The predicted molar refractivity (Wildman–Crippen MR) is 103 cm³/mol. The molecule has 27 heavy (non-hydrogen) atoms. The Balaban J connectivity index is 1.66. The topological polar surface area (TPSA) is 117 Å². The van der Waals surface area contributed by atoms with Crippen LogP contribution in [0.25, 0.3) is 11.4 Å². The molecule has 1 aliphatic rings. The van der Waals surface area contributed by atoms with E-state index in [1.807, 2.05) is 31.2 Å². The van der Waals surface area contributed by atoms with E-state index in [4.69, 9.17) is 5.73 Å². The smallest absolute Gasteiger partial charge is 0.247 e. The molecule has 1 aliphatic heterocycles. The summed E-state index contributed by atoms with van der Waals surface area (Å²) in [6.07, 6.45) is 3.90. The lowest BCUT2D eigenvalue weighted by Gasteiger charge is -2.34. The van der Waals surface area contributed by atoms with E-state index in [-0.39, 0.29) is 11.8 Å². The van der Waals surface area contributed by atoms with Crippen LogP contribution in [0.1, 0.15) is 44.9 Å². The average Bonchev–Trinajstić information content (AvgIpc) is 3.18. The SMILES string of the molecule is CCCC(=O)N1CCCCC1C(=O)Nc1ccc(-c2n[nH]c(CN)n2)cc1. The van der Waals surface area contributed by atoms with Crippen molar-refractivity contribution in [3.05, 3.63) is 30.1 Å². The molecule has 1 unspecified atom stereocenters. The van der Waals surface area contributed by atoms with Crippen molar-refractivity contribution in [2.75, 3.05) is 11.9 Å². The standard InChI is InChI=1S/C19H26N6O2/c1-2-5-17(26)25-11-4-3-6-15(25)19(27)21-14-9-7-13(8-10-14)18-22-16(12-20)23-24-18/h7-10,15H,2-6,11-12,20H2,1H3,(H,21,27)(H,22,23,24). The van der Waals surface area contributed by atoms with E-state index in [0.29, 0.717) is 43.3 Å². The molecule has 0 saturated carbocycles. The summed E-state index contributed by atoms with van der Waals surface area (Å²) in [6, 6.07) is 6.93. The number of aromatic amines is 1. The van der Waals surface area contributed by atoms with Gasteiger partial charge in [-0.2, -0.15) is 5.10 Å². The number of nitrogens with zero attached hydrogens (tertiary/aromatic N) is 3. The molecule has 1 fully saturated rings. The number of piperidine rings is 1. The summed E-state index contributed by atoms with van der Waals surface area (Å²) in [5.74, 6) is 1.12. The van der Waals surface area contributed by atoms with Gasteiger partial charge in [-0.3, -0.25) is 14.7 Å². The van der Waals surface area contributed by atoms with Crippen LogP contribution in [0.3, 0.4) is 0 Å². The van der Waals surface area contributed by atoms with E-state index in [1.165, 1.54) is 0 Å². The van der Waals surface area contributed by atoms with Crippen LogP contribution in [0.4, 0.5) is 5.69 Å². The summed E-state index contributed by atoms with van der Waals surface area (Å²) in [4.78, 5) is 31.1. The molecular formula is C19H26N6O2. The number of hydrogen-bond acceptors (Lipinski definition) is 5. The first-order chi connectivity index (χ1) is 13.1. The van der Waals surface area contributed by atoms with Gasteiger partial charge in [0, 0.05) is 24.2 Å². The average molecular weight is 370 g/mol. The molecule has 3 rings (SSSR count). The van der Waals surface area contributed by atoms with Gasteiger partial charge in [-0.1, -0.05) is 6.92 Å². The molecule has 0 spiro atoms. The molecule has 1 aromatic carbocycles. The molecule has 8 nitrogen and oxygen atoms in total. The van der Waals surface area contributed by atoms with Crippen molar-refractivity contribution in [1.82, 2.24) is 20.1 Å². The fraction of sp³-hybridized carbons (Fsp3) is 0.474. The zero-order valence-corrected chi connectivity index (χ0v) is 15.6. The number of rotatable bonds is 6. The van der Waals surface area contributed by atoms with Crippen LogP contribution in [0.2, 0.25) is 0 Å². The summed E-state index contributed by atoms with van der Waals surface area (Å²) < 4.78 is 0. The molecule has 1 aromatic heterocycles. The highest BCUT2D eigenvalue weighted by molar-refractivity contribution is 5.97. The van der Waals surface area contributed by atoms with Crippen molar-refractivity contribution in [3.8, 4) is 11.4 Å². The fourth-order valence-corrected chi connectivity index (χ4v) is 3.30. The monoisotopic (exact) mass is 370 g/mol. The van der Waals surface area contributed by atoms with E-state index >= 15 is 0 Å². The Morgan fingerprint density at radius 2 is 2.07 bits per heavy atom. The number of benzene rings is 1. The number of carbonyl (C=O) groups excluding carboxylic acids is 2. The number of nitrogens with one attached hydrogen (secondary N) is 2. The van der Waals surface area contributed by atoms with Crippen LogP contribution >= 0.6 is 0 Å². The van der Waals surface area contributed by atoms with E-state index in [9.17, 15) is 9.59 Å². The summed E-state index contributed by atoms with van der Waals surface area (Å²) >= 11 is 0. The minimum Gasteiger partial charge on any atom is -0.331 e. The molecule has 0 aliphatic carbocycles. The Morgan fingerprint density at radius 3 is 2.74 bits per heavy atom. The first-order valence-electron chi connectivity index (χ1n) is 9.44. The molecule has 0 bridgehead atoms. The van der Waals surface area contributed by atoms with Crippen LogP contribution in [-0.4, -0.2) is 44.5 Å². The fourth-order valence-electron chi connectivity index (χ4n) is 3.30. The molecular weight excluding hydrogens is 344 g/mol. The quantitative estimate of drug-likeness (QED) is 0.719. The van der Waals surface area contributed by atoms with Crippen molar-refractivity contribution >= 4 is 17.5 Å². The molecule has 144 valence electrons. The van der Waals surface area contributed by atoms with Crippen molar-refractivity contribution in [1.29, 1.82) is 0 Å². The molecule has 2 amide bonds. The zero-order valence-electron chi connectivity index (χ0n) is 15.6. The number of anilines is 1. The van der Waals surface area contributed by atoms with Crippen LogP contribution in [-0.2, 0) is 16.1 Å². The van der Waals surface area contributed by atoms with Crippen LogP contribution < -0.4 is 11.1 Å². The molecule has 4 N–H and O–H groups in total. The molecule has 2 aromatic rings. The Labute approximate surface area is 158 Å². The van der Waals surface area contributed by atoms with Crippen LogP contribution in [0, 0.1) is 0 Å². The van der Waals surface area contributed by atoms with Crippen LogP contribution in [0.5, 0.6) is 0 Å². The number of nitrogens with two attached hydrogens (primary N) is 1. The van der Waals surface area contributed by atoms with Gasteiger partial charge in [-0.25, -0.2) is 4.98 Å². The zero-order chi connectivity index (χ0) is 19.2. The normalized spacial score (nSPS) is 17.0. The van der Waals surface area contributed by atoms with E-state index in [1.54, 1.807) is 4.90 Å². The first-order valence-corrected chi connectivity index (χ1v) is 9.44. The summed E-state index contributed by atoms with van der Waals surface area (Å²) in [6.45, 7) is 2.93. The van der Waals surface area contributed by atoms with Crippen molar-refractivity contribution in [2.24, 2.45) is 5.73 Å². The van der Waals surface area contributed by atoms with Gasteiger partial charge in [0.05, 0.1) is 6.54 Å². The molecule has 2 heterocycles. The van der Waals surface area contributed by atoms with Crippen molar-refractivity contribution in [3.63, 3.8) is 0 Å². The number of carbonyl (C=O) groups is 2. The highest BCUT2D eigenvalue weighted by Gasteiger charge is 2.31. The Bertz CT molecular complexity index is 786. The van der Waals surface area contributed by atoms with Gasteiger partial charge in [0.15, 0.2) is 5.82 Å². The maximum atomic E-state index is 12.7. The van der Waals surface area contributed by atoms with Crippen LogP contribution in [0.15, 0.2) is 24.3 Å². The molecule has 0 radical (unpaired) electrons. The number of likely N-dealkylation sites (tertiary alicyclic amines) is 1. The van der Waals surface area contributed by atoms with Gasteiger partial charge < -0.3 is 16.0 Å². The molecule has 8 heteroatoms. The highest BCUT2D eigenvalue weighted by atomic mass is 16.2. The minimum absolute atomic E-state index is 0.0630. The lowest BCUT2D eigenvalue weighted by molar-refractivity contribution is -0.140. The van der Waals surface area contributed by atoms with Gasteiger partial charge in [0.2, 0.25) is 11.8 Å². The Hall–Kier alpha value is -2.74. The van der Waals surface area contributed by atoms with Gasteiger partial charge in [-0.15, -0.1) is 0 Å². The summed E-state index contributed by atoms with van der Waals surface area (Å²) in [7, 11) is 0. The van der Waals surface area contributed by atoms with Gasteiger partial charge >= 0.3 is 0 Å². The van der Waals surface area contributed by atoms with Gasteiger partial charge in [0.25, 0.3) is 0 Å². The summed E-state index contributed by atoms with van der Waals surface area (Å²) in [5.41, 5.74) is 7.05. The number of aromatic nitrogens is 3. The highest BCUT2D eigenvalue weighted by Crippen LogP contribution is 2.22. The van der Waals surface area contributed by atoms with E-state index < -0.39 is 6.04 Å². The van der Waals surface area contributed by atoms with Gasteiger partial charge in [0.1, 0.15) is 11.9 Å². The second-order valence-corrected chi connectivity index (χ2v) is 6.73. The third-order valence-electron chi connectivity index (χ3n) is 4.73. The lowest BCUT2D eigenvalue weighted by Crippen LogP contribution is -2.49. The number of amides is 2. The third-order valence-corrected chi connectivity index (χ3v) is 4.73. The maximum Gasteiger partial charge on any atom is 0.247 e. The number of H-pyrrole nitrogens is 1. The predicted octanol–water partition coefficient (Wildman–Crippen LogP) is 2.05. The molecule has 1 saturated heterocycles. The number of hydrogen-bond donors (Lipinski definition) is 3. The summed E-state index contributed by atoms with van der Waals surface area (Å²) in [5, 5.41) is 9.83. The lowest BCUT2D eigenvalue weighted by atomic mass is 10.0. The van der Waals surface area contributed by atoms with Gasteiger partial charge in [-0.05, 0) is 49.9 Å². The molecule has 1 atom stereocenters. The van der Waals surface area contributed by atoms with E-state index in [0.717, 1.165) is 24.8 Å². The van der Waals surface area contributed by atoms with Crippen molar-refractivity contribution in [2.45, 2.75) is 51.6 Å². The van der Waals surface area contributed by atoms with E-state index in [2.05, 4.69) is 20.5 Å². The Morgan fingerprint density at radius 1 is 1.30 bits per heavy atom. The second-order valence-electron chi connectivity index (χ2n) is 6.73. The Kier molecular flexibility index (Phi) is 6.18. The maximum absolute atomic E-state index is 12.7. The second kappa shape index (κ2) is 8.77. The third kappa shape index (κ3) is 4.51. The minimum atomic E-state index is -0.391. The largest absolute Gasteiger partial charge is 0.331 e. The van der Waals surface area contributed by atoms with Crippen molar-refractivity contribution < 1.29 is 9.59 Å².